The molecule has 1 N–H and O–H groups in total. The summed E-state index contributed by atoms with van der Waals surface area (Å²) in [6.45, 7) is -2.51. The summed E-state index contributed by atoms with van der Waals surface area (Å²) >= 11 is 0. The minimum Gasteiger partial charge on any atom is -0.489 e. The zero-order valence-electron chi connectivity index (χ0n) is 12.9. The normalized spacial score (nSPS) is 13.6. The molecule has 0 saturated heterocycles. The maximum atomic E-state index is 12.5. The average molecular weight is 333 g/mol. The molecule has 1 aliphatic rings. The van der Waals surface area contributed by atoms with Crippen molar-refractivity contribution in [3.8, 4) is 11.5 Å². The van der Waals surface area contributed by atoms with Gasteiger partial charge in [0.15, 0.2) is 11.5 Å². The van der Waals surface area contributed by atoms with Crippen LogP contribution in [0.3, 0.4) is 0 Å². The third kappa shape index (κ3) is 4.44. The van der Waals surface area contributed by atoms with Gasteiger partial charge in [-0.2, -0.15) is 8.78 Å². The molecular weight excluding hydrogens is 316 g/mol. The van der Waals surface area contributed by atoms with Gasteiger partial charge in [0.25, 0.3) is 5.91 Å². The molecule has 4 nitrogen and oxygen atoms in total. The number of amides is 1. The van der Waals surface area contributed by atoms with E-state index in [0.717, 1.165) is 12.8 Å². The number of hydrogen-bond acceptors (Lipinski definition) is 3. The summed E-state index contributed by atoms with van der Waals surface area (Å²) in [6, 6.07) is 13.2. The number of benzene rings is 2. The standard InChI is InChI=1S/C18H17F2NO3/c19-18(20)24-15-9-8-13(10-16(15)23-11-12-6-7-12)17(22)21-14-4-2-1-3-5-14/h1-5,8-10,12,18H,6-7,11H2,(H,21,22). The predicted octanol–water partition coefficient (Wildman–Crippen LogP) is 4.33. The average Bonchev–Trinajstić information content (AvgIpc) is 3.38. The van der Waals surface area contributed by atoms with Gasteiger partial charge in [0.05, 0.1) is 6.61 Å². The smallest absolute Gasteiger partial charge is 0.387 e. The number of anilines is 1. The summed E-state index contributed by atoms with van der Waals surface area (Å²) in [5.41, 5.74) is 0.960. The number of para-hydroxylation sites is 1. The van der Waals surface area contributed by atoms with Gasteiger partial charge in [-0.15, -0.1) is 0 Å². The van der Waals surface area contributed by atoms with Crippen LogP contribution in [0.5, 0.6) is 11.5 Å². The third-order valence-corrected chi connectivity index (χ3v) is 3.63. The molecule has 0 atom stereocenters. The SMILES string of the molecule is O=C(Nc1ccccc1)c1ccc(OC(F)F)c(OCC2CC2)c1. The Hall–Kier alpha value is -2.63. The Morgan fingerprint density at radius 3 is 2.54 bits per heavy atom. The van der Waals surface area contributed by atoms with Crippen LogP contribution in [0.2, 0.25) is 0 Å². The van der Waals surface area contributed by atoms with Gasteiger partial charge in [0.1, 0.15) is 0 Å². The van der Waals surface area contributed by atoms with Crippen LogP contribution >= 0.6 is 0 Å². The number of carbonyl (C=O) groups excluding carboxylic acids is 1. The minimum atomic E-state index is -2.95. The van der Waals surface area contributed by atoms with Gasteiger partial charge in [-0.3, -0.25) is 4.79 Å². The fourth-order valence-corrected chi connectivity index (χ4v) is 2.17. The highest BCUT2D eigenvalue weighted by Crippen LogP contribution is 2.34. The summed E-state index contributed by atoms with van der Waals surface area (Å²) in [7, 11) is 0. The van der Waals surface area contributed by atoms with Crippen molar-refractivity contribution >= 4 is 11.6 Å². The molecule has 0 unspecified atom stereocenters. The van der Waals surface area contributed by atoms with E-state index < -0.39 is 6.61 Å². The van der Waals surface area contributed by atoms with E-state index in [2.05, 4.69) is 10.1 Å². The summed E-state index contributed by atoms with van der Waals surface area (Å²) in [5.74, 6) is 0.192. The fourth-order valence-electron chi connectivity index (χ4n) is 2.17. The van der Waals surface area contributed by atoms with Crippen LogP contribution in [0.15, 0.2) is 48.5 Å². The Morgan fingerprint density at radius 2 is 1.88 bits per heavy atom. The molecule has 0 heterocycles. The molecule has 1 aliphatic carbocycles. The van der Waals surface area contributed by atoms with E-state index in [-0.39, 0.29) is 17.4 Å². The second-order valence-electron chi connectivity index (χ2n) is 5.61. The molecule has 0 bridgehead atoms. The summed E-state index contributed by atoms with van der Waals surface area (Å²) in [5, 5.41) is 2.74. The molecule has 2 aromatic rings. The van der Waals surface area contributed by atoms with E-state index in [1.54, 1.807) is 24.3 Å². The van der Waals surface area contributed by atoms with Crippen LogP contribution in [-0.4, -0.2) is 19.1 Å². The van der Waals surface area contributed by atoms with E-state index in [4.69, 9.17) is 4.74 Å². The topological polar surface area (TPSA) is 47.6 Å². The van der Waals surface area contributed by atoms with Crippen LogP contribution in [0.1, 0.15) is 23.2 Å². The maximum absolute atomic E-state index is 12.5. The van der Waals surface area contributed by atoms with Crippen molar-refractivity contribution in [3.05, 3.63) is 54.1 Å². The number of nitrogens with one attached hydrogen (secondary N) is 1. The lowest BCUT2D eigenvalue weighted by molar-refractivity contribution is -0.0515. The van der Waals surface area contributed by atoms with Gasteiger partial charge >= 0.3 is 6.61 Å². The van der Waals surface area contributed by atoms with Gasteiger partial charge in [-0.1, -0.05) is 18.2 Å². The van der Waals surface area contributed by atoms with Gasteiger partial charge in [0.2, 0.25) is 0 Å². The highest BCUT2D eigenvalue weighted by atomic mass is 19.3. The first-order chi connectivity index (χ1) is 11.6. The Morgan fingerprint density at radius 1 is 1.12 bits per heavy atom. The lowest BCUT2D eigenvalue weighted by atomic mass is 10.2. The number of hydrogen-bond donors (Lipinski definition) is 1. The molecular formula is C18H17F2NO3. The highest BCUT2D eigenvalue weighted by Gasteiger charge is 2.23. The number of ether oxygens (including phenoxy) is 2. The second-order valence-corrected chi connectivity index (χ2v) is 5.61. The molecule has 0 spiro atoms. The molecule has 1 fully saturated rings. The molecule has 1 amide bonds. The van der Waals surface area contributed by atoms with Crippen LogP contribution in [-0.2, 0) is 0 Å². The van der Waals surface area contributed by atoms with Crippen LogP contribution in [0.25, 0.3) is 0 Å². The molecule has 1 saturated carbocycles. The van der Waals surface area contributed by atoms with E-state index in [0.29, 0.717) is 23.8 Å². The van der Waals surface area contributed by atoms with Gasteiger partial charge in [0, 0.05) is 11.3 Å². The number of alkyl halides is 2. The zero-order valence-corrected chi connectivity index (χ0v) is 12.9. The van der Waals surface area contributed by atoms with E-state index in [9.17, 15) is 13.6 Å². The van der Waals surface area contributed by atoms with Crippen molar-refractivity contribution in [2.24, 2.45) is 5.92 Å². The second kappa shape index (κ2) is 7.29. The van der Waals surface area contributed by atoms with Crippen molar-refractivity contribution in [1.29, 1.82) is 0 Å². The molecule has 126 valence electrons. The van der Waals surface area contributed by atoms with Gasteiger partial charge in [-0.05, 0) is 49.1 Å². The highest BCUT2D eigenvalue weighted by molar-refractivity contribution is 6.04. The van der Waals surface area contributed by atoms with Crippen molar-refractivity contribution in [2.45, 2.75) is 19.5 Å². The first kappa shape index (κ1) is 16.2. The number of carbonyl (C=O) groups is 1. The molecule has 0 radical (unpaired) electrons. The molecule has 6 heteroatoms. The van der Waals surface area contributed by atoms with Crippen LogP contribution in [0.4, 0.5) is 14.5 Å². The lowest BCUT2D eigenvalue weighted by Gasteiger charge is -2.13. The quantitative estimate of drug-likeness (QED) is 0.820. The van der Waals surface area contributed by atoms with Crippen molar-refractivity contribution in [2.75, 3.05) is 11.9 Å². The monoisotopic (exact) mass is 333 g/mol. The first-order valence-electron chi connectivity index (χ1n) is 7.70. The summed E-state index contributed by atoms with van der Waals surface area (Å²) in [6.07, 6.45) is 2.14. The number of halogens is 2. The minimum absolute atomic E-state index is 0.0677. The molecule has 0 aromatic heterocycles. The molecule has 2 aromatic carbocycles. The first-order valence-corrected chi connectivity index (χ1v) is 7.70. The molecule has 24 heavy (non-hydrogen) atoms. The van der Waals surface area contributed by atoms with E-state index in [1.807, 2.05) is 6.07 Å². The van der Waals surface area contributed by atoms with Crippen LogP contribution < -0.4 is 14.8 Å². The Bertz CT molecular complexity index is 703. The lowest BCUT2D eigenvalue weighted by Crippen LogP contribution is -2.13. The van der Waals surface area contributed by atoms with Gasteiger partial charge in [-0.25, -0.2) is 0 Å². The maximum Gasteiger partial charge on any atom is 0.387 e. The molecule has 0 aliphatic heterocycles. The van der Waals surface area contributed by atoms with E-state index >= 15 is 0 Å². The number of rotatable bonds is 7. The van der Waals surface area contributed by atoms with Gasteiger partial charge < -0.3 is 14.8 Å². The third-order valence-electron chi connectivity index (χ3n) is 3.63. The van der Waals surface area contributed by atoms with Crippen molar-refractivity contribution in [1.82, 2.24) is 0 Å². The Kier molecular flexibility index (Phi) is 4.93. The largest absolute Gasteiger partial charge is 0.489 e. The van der Waals surface area contributed by atoms with Crippen LogP contribution in [0, 0.1) is 5.92 Å². The predicted molar refractivity (Wildman–Crippen MR) is 85.7 cm³/mol. The summed E-state index contributed by atoms with van der Waals surface area (Å²) < 4.78 is 35.0. The fraction of sp³-hybridized carbons (Fsp3) is 0.278. The summed E-state index contributed by atoms with van der Waals surface area (Å²) in [4.78, 5) is 12.3. The van der Waals surface area contributed by atoms with E-state index in [1.165, 1.54) is 18.2 Å². The zero-order chi connectivity index (χ0) is 16.9. The Labute approximate surface area is 138 Å². The van der Waals surface area contributed by atoms with Crippen molar-refractivity contribution in [3.63, 3.8) is 0 Å². The van der Waals surface area contributed by atoms with Crippen molar-refractivity contribution < 1.29 is 23.0 Å². The molecule has 3 rings (SSSR count). The Balaban J connectivity index is 1.76.